The molecule has 0 spiro atoms. The summed E-state index contributed by atoms with van der Waals surface area (Å²) in [5, 5.41) is 18.9. The number of hydrogen-bond acceptors (Lipinski definition) is 6. The largest absolute Gasteiger partial charge is 0.402 e. The van der Waals surface area contributed by atoms with Gasteiger partial charge in [-0.2, -0.15) is 5.26 Å². The van der Waals surface area contributed by atoms with E-state index in [9.17, 15) is 4.79 Å². The van der Waals surface area contributed by atoms with Gasteiger partial charge in [-0.05, 0) is 52.3 Å². The van der Waals surface area contributed by atoms with Gasteiger partial charge in [0.15, 0.2) is 0 Å². The number of carbonyl (C=O) groups excluding carboxylic acids is 1. The third kappa shape index (κ3) is 3.05. The zero-order chi connectivity index (χ0) is 15.5. The summed E-state index contributed by atoms with van der Waals surface area (Å²) in [5.74, 6) is -0.0436. The summed E-state index contributed by atoms with van der Waals surface area (Å²) in [4.78, 5) is 12.8. The molecule has 0 aliphatic carbocycles. The van der Waals surface area contributed by atoms with E-state index in [4.69, 9.17) is 9.68 Å². The van der Waals surface area contributed by atoms with Crippen molar-refractivity contribution < 1.29 is 9.21 Å². The summed E-state index contributed by atoms with van der Waals surface area (Å²) in [6.07, 6.45) is 0. The van der Waals surface area contributed by atoms with Crippen LogP contribution in [0, 0.1) is 11.3 Å². The fourth-order valence-corrected chi connectivity index (χ4v) is 2.98. The summed E-state index contributed by atoms with van der Waals surface area (Å²) < 4.78 is 6.35. The van der Waals surface area contributed by atoms with Crippen LogP contribution in [-0.2, 0) is 0 Å². The van der Waals surface area contributed by atoms with E-state index in [0.29, 0.717) is 17.0 Å². The summed E-state index contributed by atoms with van der Waals surface area (Å²) >= 11 is 4.81. The molecule has 3 rings (SSSR count). The number of nitriles is 1. The number of anilines is 1. The molecule has 0 bridgehead atoms. The lowest BCUT2D eigenvalue weighted by Gasteiger charge is -2.00. The summed E-state index contributed by atoms with van der Waals surface area (Å²) in [6.45, 7) is 0. The zero-order valence-electron chi connectivity index (χ0n) is 10.9. The van der Waals surface area contributed by atoms with Crippen molar-refractivity contribution in [2.24, 2.45) is 0 Å². The second-order valence-corrected chi connectivity index (χ2v) is 6.62. The zero-order valence-corrected chi connectivity index (χ0v) is 13.3. The van der Waals surface area contributed by atoms with Crippen molar-refractivity contribution in [3.05, 3.63) is 51.3 Å². The predicted molar refractivity (Wildman–Crippen MR) is 84.4 cm³/mol. The van der Waals surface area contributed by atoms with E-state index in [0.717, 1.165) is 8.66 Å². The van der Waals surface area contributed by atoms with Gasteiger partial charge in [0.25, 0.3) is 11.8 Å². The van der Waals surface area contributed by atoms with Crippen molar-refractivity contribution in [1.82, 2.24) is 10.2 Å². The maximum Gasteiger partial charge on any atom is 0.322 e. The Hall–Kier alpha value is -2.50. The fraction of sp³-hybridized carbons (Fsp3) is 0. The monoisotopic (exact) mass is 374 g/mol. The molecule has 0 aliphatic rings. The molecule has 108 valence electrons. The van der Waals surface area contributed by atoms with Gasteiger partial charge in [-0.15, -0.1) is 16.4 Å². The van der Waals surface area contributed by atoms with Crippen molar-refractivity contribution in [3.63, 3.8) is 0 Å². The smallest absolute Gasteiger partial charge is 0.322 e. The number of carbonyl (C=O) groups is 1. The first kappa shape index (κ1) is 14.4. The Labute approximate surface area is 137 Å². The second kappa shape index (κ2) is 6.09. The van der Waals surface area contributed by atoms with E-state index in [-0.39, 0.29) is 11.9 Å². The van der Waals surface area contributed by atoms with Crippen LogP contribution in [0.1, 0.15) is 15.9 Å². The fourth-order valence-electron chi connectivity index (χ4n) is 1.67. The summed E-state index contributed by atoms with van der Waals surface area (Å²) in [6, 6.07) is 12.0. The van der Waals surface area contributed by atoms with Gasteiger partial charge in [-0.3, -0.25) is 10.1 Å². The molecular weight excluding hydrogens is 368 g/mol. The van der Waals surface area contributed by atoms with Crippen molar-refractivity contribution in [2.75, 3.05) is 5.32 Å². The van der Waals surface area contributed by atoms with Gasteiger partial charge in [-0.1, -0.05) is 5.10 Å². The molecule has 2 heterocycles. The molecule has 0 fully saturated rings. The van der Waals surface area contributed by atoms with Crippen molar-refractivity contribution in [2.45, 2.75) is 0 Å². The van der Waals surface area contributed by atoms with Crippen LogP contribution >= 0.6 is 27.3 Å². The molecule has 1 aromatic carbocycles. The first-order valence-corrected chi connectivity index (χ1v) is 7.67. The number of nitrogens with one attached hydrogen (secondary N) is 1. The quantitative estimate of drug-likeness (QED) is 0.754. The number of amides is 1. The van der Waals surface area contributed by atoms with Crippen molar-refractivity contribution >= 4 is 39.2 Å². The molecule has 0 saturated heterocycles. The number of thiophene rings is 1. The number of nitrogens with zero attached hydrogens (tertiary/aromatic N) is 3. The van der Waals surface area contributed by atoms with E-state index in [1.165, 1.54) is 11.3 Å². The molecule has 6 nitrogen and oxygen atoms in total. The molecule has 0 saturated carbocycles. The average Bonchev–Trinajstić information content (AvgIpc) is 3.16. The van der Waals surface area contributed by atoms with Crippen molar-refractivity contribution in [1.29, 1.82) is 5.26 Å². The Morgan fingerprint density at radius 1 is 1.23 bits per heavy atom. The van der Waals surface area contributed by atoms with Gasteiger partial charge in [0.05, 0.1) is 20.3 Å². The van der Waals surface area contributed by atoms with Gasteiger partial charge in [0.2, 0.25) is 0 Å². The van der Waals surface area contributed by atoms with E-state index < -0.39 is 0 Å². The van der Waals surface area contributed by atoms with Crippen LogP contribution in [0.15, 0.2) is 44.6 Å². The van der Waals surface area contributed by atoms with Crippen LogP contribution in [0.5, 0.6) is 0 Å². The number of benzene rings is 1. The van der Waals surface area contributed by atoms with Crippen LogP contribution in [0.2, 0.25) is 0 Å². The summed E-state index contributed by atoms with van der Waals surface area (Å²) in [5.41, 5.74) is 0.887. The highest BCUT2D eigenvalue weighted by atomic mass is 79.9. The number of hydrogen-bond donors (Lipinski definition) is 1. The number of rotatable bonds is 3. The average molecular weight is 375 g/mol. The lowest BCUT2D eigenvalue weighted by Crippen LogP contribution is -2.11. The highest BCUT2D eigenvalue weighted by molar-refractivity contribution is 9.11. The predicted octanol–water partition coefficient (Wildman–Crippen LogP) is 3.68. The molecule has 1 N–H and O–H groups in total. The van der Waals surface area contributed by atoms with Crippen LogP contribution in [0.25, 0.3) is 10.8 Å². The molecule has 1 amide bonds. The first-order valence-electron chi connectivity index (χ1n) is 6.06. The standard InChI is InChI=1S/C14H7BrN4O2S/c15-11-6-5-10(22-11)13-18-19-14(21-13)17-12(20)9-3-1-8(7-16)2-4-9/h1-6H,(H,17,19,20). The van der Waals surface area contributed by atoms with Crippen molar-refractivity contribution in [3.8, 4) is 16.8 Å². The van der Waals surface area contributed by atoms with Crippen LogP contribution in [0.3, 0.4) is 0 Å². The lowest BCUT2D eigenvalue weighted by molar-refractivity contribution is 0.102. The van der Waals surface area contributed by atoms with E-state index in [2.05, 4.69) is 31.4 Å². The van der Waals surface area contributed by atoms with Crippen LogP contribution < -0.4 is 5.32 Å². The molecule has 0 aliphatic heterocycles. The van der Waals surface area contributed by atoms with E-state index in [1.807, 2.05) is 18.2 Å². The van der Waals surface area contributed by atoms with E-state index >= 15 is 0 Å². The molecule has 0 atom stereocenters. The molecule has 8 heteroatoms. The Kier molecular flexibility index (Phi) is 4.00. The van der Waals surface area contributed by atoms with Gasteiger partial charge >= 0.3 is 6.01 Å². The Morgan fingerprint density at radius 3 is 2.64 bits per heavy atom. The van der Waals surface area contributed by atoms with Gasteiger partial charge in [0.1, 0.15) is 0 Å². The Morgan fingerprint density at radius 2 is 2.00 bits per heavy atom. The van der Waals surface area contributed by atoms with Gasteiger partial charge in [0, 0.05) is 5.56 Å². The van der Waals surface area contributed by atoms with Crippen LogP contribution in [0.4, 0.5) is 6.01 Å². The third-order valence-corrected chi connectivity index (χ3v) is 4.32. The molecular formula is C14H7BrN4O2S. The molecule has 2 aromatic heterocycles. The SMILES string of the molecule is N#Cc1ccc(C(=O)Nc2nnc(-c3ccc(Br)s3)o2)cc1. The van der Waals surface area contributed by atoms with Gasteiger partial charge in [-0.25, -0.2) is 0 Å². The number of aromatic nitrogens is 2. The minimum absolute atomic E-state index is 0.0221. The third-order valence-electron chi connectivity index (χ3n) is 2.71. The Bertz CT molecular complexity index is 864. The molecule has 3 aromatic rings. The molecule has 22 heavy (non-hydrogen) atoms. The second-order valence-electron chi connectivity index (χ2n) is 4.16. The normalized spacial score (nSPS) is 10.2. The summed E-state index contributed by atoms with van der Waals surface area (Å²) in [7, 11) is 0. The molecule has 0 unspecified atom stereocenters. The minimum Gasteiger partial charge on any atom is -0.402 e. The highest BCUT2D eigenvalue weighted by Gasteiger charge is 2.14. The first-order chi connectivity index (χ1) is 10.7. The number of halogens is 1. The maximum atomic E-state index is 12.0. The minimum atomic E-state index is -0.382. The maximum absolute atomic E-state index is 12.0. The van der Waals surface area contributed by atoms with E-state index in [1.54, 1.807) is 24.3 Å². The lowest BCUT2D eigenvalue weighted by atomic mass is 10.1. The van der Waals surface area contributed by atoms with Gasteiger partial charge < -0.3 is 4.42 Å². The molecule has 0 radical (unpaired) electrons. The Balaban J connectivity index is 1.74. The highest BCUT2D eigenvalue weighted by Crippen LogP contribution is 2.30. The topological polar surface area (TPSA) is 91.8 Å². The van der Waals surface area contributed by atoms with Crippen LogP contribution in [-0.4, -0.2) is 16.1 Å².